The van der Waals surface area contributed by atoms with Crippen LogP contribution in [0.25, 0.3) is 0 Å². The number of nitrogens with two attached hydrogens (primary N) is 1. The lowest BCUT2D eigenvalue weighted by Crippen LogP contribution is -2.18. The number of oxime groups is 1. The Morgan fingerprint density at radius 3 is 3.15 bits per heavy atom. The number of aliphatic hydroxyl groups is 1. The molecule has 0 aromatic carbocycles. The molecular formula is C19H22FN5O2. The maximum Gasteiger partial charge on any atom is 0.150 e. The topological polar surface area (TPSA) is 105 Å². The number of nitrogens with zero attached hydrogens (tertiary/aromatic N) is 3. The molecule has 2 heterocycles. The number of dihydropyridines is 1. The van der Waals surface area contributed by atoms with Gasteiger partial charge in [-0.25, -0.2) is 9.37 Å². The SMILES string of the molecule is C/C(=N\OCCO)c1ccc(N)c(NCC2=C(F)CC3N=CC=CC3=C2)n1. The predicted octanol–water partition coefficient (Wildman–Crippen LogP) is 2.37. The highest BCUT2D eigenvalue weighted by molar-refractivity contribution is 5.97. The number of hydrogen-bond acceptors (Lipinski definition) is 7. The van der Waals surface area contributed by atoms with Gasteiger partial charge < -0.3 is 21.0 Å². The molecule has 0 saturated heterocycles. The van der Waals surface area contributed by atoms with Crippen LogP contribution < -0.4 is 11.1 Å². The number of fused-ring (bicyclic) bond motifs is 1. The number of aliphatic imine (C=N–C) groups is 1. The number of anilines is 2. The number of halogens is 1. The number of hydrogen-bond donors (Lipinski definition) is 3. The molecule has 7 nitrogen and oxygen atoms in total. The summed E-state index contributed by atoms with van der Waals surface area (Å²) in [5.74, 6) is 0.260. The predicted molar refractivity (Wildman–Crippen MR) is 105 cm³/mol. The van der Waals surface area contributed by atoms with Gasteiger partial charge in [0.2, 0.25) is 0 Å². The van der Waals surface area contributed by atoms with Crippen LogP contribution in [0.1, 0.15) is 19.0 Å². The molecule has 27 heavy (non-hydrogen) atoms. The van der Waals surface area contributed by atoms with Gasteiger partial charge in [-0.3, -0.25) is 4.99 Å². The summed E-state index contributed by atoms with van der Waals surface area (Å²) in [6.45, 7) is 2.00. The third-order valence-corrected chi connectivity index (χ3v) is 4.21. The van der Waals surface area contributed by atoms with Crippen molar-refractivity contribution in [2.45, 2.75) is 19.4 Å². The minimum atomic E-state index is -0.187. The number of pyridine rings is 1. The molecule has 4 N–H and O–H groups in total. The van der Waals surface area contributed by atoms with E-state index in [0.29, 0.717) is 28.5 Å². The molecule has 3 rings (SSSR count). The zero-order chi connectivity index (χ0) is 19.2. The Kier molecular flexibility index (Phi) is 5.97. The van der Waals surface area contributed by atoms with Gasteiger partial charge in [-0.2, -0.15) is 0 Å². The van der Waals surface area contributed by atoms with Crippen molar-refractivity contribution in [1.82, 2.24) is 4.98 Å². The highest BCUT2D eigenvalue weighted by atomic mass is 19.1. The number of allylic oxidation sites excluding steroid dienone is 1. The van der Waals surface area contributed by atoms with Crippen LogP contribution in [-0.2, 0) is 4.84 Å². The number of nitrogen functional groups attached to an aromatic ring is 1. The standard InChI is InChI=1S/C19H22FN5O2/c1-12(25-27-8-7-26)17-5-4-16(21)19(24-17)23-11-14-9-13-3-2-6-22-18(13)10-15(14)20/h2-6,9,18,26H,7-8,10-11,21H2,1H3,(H,23,24)/b25-12+. The van der Waals surface area contributed by atoms with E-state index in [4.69, 9.17) is 15.7 Å². The molecule has 1 aliphatic heterocycles. The second-order valence-electron chi connectivity index (χ2n) is 6.17. The van der Waals surface area contributed by atoms with E-state index in [1.54, 1.807) is 25.3 Å². The van der Waals surface area contributed by atoms with Crippen LogP contribution in [0.5, 0.6) is 0 Å². The molecule has 1 aliphatic carbocycles. The van der Waals surface area contributed by atoms with Crippen LogP contribution in [0, 0.1) is 0 Å². The van der Waals surface area contributed by atoms with Gasteiger partial charge in [0.1, 0.15) is 24.0 Å². The van der Waals surface area contributed by atoms with Gasteiger partial charge in [-0.15, -0.1) is 0 Å². The fraction of sp³-hybridized carbons (Fsp3) is 0.316. The maximum absolute atomic E-state index is 14.4. The summed E-state index contributed by atoms with van der Waals surface area (Å²) in [5.41, 5.74) is 9.11. The Morgan fingerprint density at radius 1 is 1.48 bits per heavy atom. The summed E-state index contributed by atoms with van der Waals surface area (Å²) < 4.78 is 14.4. The lowest BCUT2D eigenvalue weighted by molar-refractivity contribution is 0.0986. The first-order chi connectivity index (χ1) is 13.1. The van der Waals surface area contributed by atoms with Crippen LogP contribution in [0.3, 0.4) is 0 Å². The monoisotopic (exact) mass is 371 g/mol. The minimum absolute atomic E-state index is 0.110. The van der Waals surface area contributed by atoms with Crippen molar-refractivity contribution in [3.8, 4) is 0 Å². The first-order valence-electron chi connectivity index (χ1n) is 8.65. The fourth-order valence-electron chi connectivity index (χ4n) is 2.77. The van der Waals surface area contributed by atoms with Gasteiger partial charge in [-0.05, 0) is 36.8 Å². The molecule has 1 unspecified atom stereocenters. The normalized spacial score (nSPS) is 19.0. The summed E-state index contributed by atoms with van der Waals surface area (Å²) in [4.78, 5) is 13.7. The molecule has 0 radical (unpaired) electrons. The van der Waals surface area contributed by atoms with Crippen molar-refractivity contribution in [2.24, 2.45) is 10.1 Å². The summed E-state index contributed by atoms with van der Waals surface area (Å²) in [6.07, 6.45) is 7.58. The Labute approximate surface area is 156 Å². The zero-order valence-electron chi connectivity index (χ0n) is 15.0. The van der Waals surface area contributed by atoms with E-state index in [-0.39, 0.29) is 38.0 Å². The van der Waals surface area contributed by atoms with Gasteiger partial charge in [0.25, 0.3) is 0 Å². The number of rotatable bonds is 7. The van der Waals surface area contributed by atoms with Crippen molar-refractivity contribution in [2.75, 3.05) is 30.8 Å². The lowest BCUT2D eigenvalue weighted by Gasteiger charge is -2.22. The Balaban J connectivity index is 1.72. The summed E-state index contributed by atoms with van der Waals surface area (Å²) >= 11 is 0. The number of aromatic nitrogens is 1. The van der Waals surface area contributed by atoms with E-state index in [2.05, 4.69) is 20.4 Å². The minimum Gasteiger partial charge on any atom is -0.396 e. The lowest BCUT2D eigenvalue weighted by atomic mass is 9.92. The highest BCUT2D eigenvalue weighted by Crippen LogP contribution is 2.30. The van der Waals surface area contributed by atoms with Crippen molar-refractivity contribution >= 4 is 23.4 Å². The third-order valence-electron chi connectivity index (χ3n) is 4.21. The Bertz CT molecular complexity index is 858. The van der Waals surface area contributed by atoms with Crippen molar-refractivity contribution < 1.29 is 14.3 Å². The van der Waals surface area contributed by atoms with Crippen molar-refractivity contribution in [3.63, 3.8) is 0 Å². The molecule has 0 amide bonds. The highest BCUT2D eigenvalue weighted by Gasteiger charge is 2.22. The van der Waals surface area contributed by atoms with Gasteiger partial charge in [0.05, 0.1) is 24.0 Å². The Hall–Kier alpha value is -3.00. The molecular weight excluding hydrogens is 349 g/mol. The summed E-state index contributed by atoms with van der Waals surface area (Å²) in [7, 11) is 0. The molecule has 0 bridgehead atoms. The second-order valence-corrected chi connectivity index (χ2v) is 6.17. The van der Waals surface area contributed by atoms with E-state index in [1.165, 1.54) is 0 Å². The number of aliphatic hydroxyl groups excluding tert-OH is 1. The molecule has 142 valence electrons. The van der Waals surface area contributed by atoms with Crippen LogP contribution in [0.15, 0.2) is 57.5 Å². The first-order valence-corrected chi connectivity index (χ1v) is 8.65. The largest absolute Gasteiger partial charge is 0.396 e. The van der Waals surface area contributed by atoms with Gasteiger partial charge in [-0.1, -0.05) is 11.2 Å². The molecule has 1 aromatic heterocycles. The summed E-state index contributed by atoms with van der Waals surface area (Å²) in [5, 5.41) is 15.7. The van der Waals surface area contributed by atoms with E-state index in [0.717, 1.165) is 5.57 Å². The van der Waals surface area contributed by atoms with Crippen LogP contribution in [0.2, 0.25) is 0 Å². The van der Waals surface area contributed by atoms with Crippen LogP contribution >= 0.6 is 0 Å². The average Bonchev–Trinajstić information content (AvgIpc) is 2.67. The van der Waals surface area contributed by atoms with E-state index >= 15 is 0 Å². The molecule has 8 heteroatoms. The first kappa shape index (κ1) is 18.8. The van der Waals surface area contributed by atoms with E-state index in [1.807, 2.05) is 18.2 Å². The van der Waals surface area contributed by atoms with Gasteiger partial charge >= 0.3 is 0 Å². The molecule has 0 saturated carbocycles. The molecule has 2 aliphatic rings. The van der Waals surface area contributed by atoms with E-state index < -0.39 is 0 Å². The zero-order valence-corrected chi connectivity index (χ0v) is 15.0. The molecule has 1 atom stereocenters. The number of nitrogens with one attached hydrogen (secondary N) is 1. The molecule has 0 spiro atoms. The molecule has 1 aromatic rings. The van der Waals surface area contributed by atoms with Crippen LogP contribution in [-0.4, -0.2) is 47.8 Å². The summed E-state index contributed by atoms with van der Waals surface area (Å²) in [6, 6.07) is 3.29. The quantitative estimate of drug-likeness (QED) is 0.388. The maximum atomic E-state index is 14.4. The average molecular weight is 371 g/mol. The van der Waals surface area contributed by atoms with Gasteiger partial charge in [0, 0.05) is 24.8 Å². The fourth-order valence-corrected chi connectivity index (χ4v) is 2.77. The smallest absolute Gasteiger partial charge is 0.150 e. The van der Waals surface area contributed by atoms with Gasteiger partial charge in [0.15, 0.2) is 0 Å². The van der Waals surface area contributed by atoms with E-state index in [9.17, 15) is 4.39 Å². The van der Waals surface area contributed by atoms with Crippen LogP contribution in [0.4, 0.5) is 15.9 Å². The van der Waals surface area contributed by atoms with Crippen molar-refractivity contribution in [1.29, 1.82) is 0 Å². The van der Waals surface area contributed by atoms with Crippen molar-refractivity contribution in [3.05, 3.63) is 53.0 Å². The third kappa shape index (κ3) is 4.59. The molecule has 0 fully saturated rings. The second kappa shape index (κ2) is 8.59. The Morgan fingerprint density at radius 2 is 2.33 bits per heavy atom.